The average molecular weight is 388 g/mol. The van der Waals surface area contributed by atoms with E-state index in [-0.39, 0.29) is 24.8 Å². The third kappa shape index (κ3) is 4.67. The Morgan fingerprint density at radius 1 is 1.33 bits per heavy atom. The van der Waals surface area contributed by atoms with E-state index in [1.165, 1.54) is 18.2 Å². The predicted molar refractivity (Wildman–Crippen MR) is 103 cm³/mol. The molecule has 0 radical (unpaired) electrons. The number of hydrogen-bond acceptors (Lipinski definition) is 4. The van der Waals surface area contributed by atoms with Crippen LogP contribution in [0.1, 0.15) is 18.1 Å². The minimum Gasteiger partial charge on any atom is -0.387 e. The van der Waals surface area contributed by atoms with Gasteiger partial charge in [0.2, 0.25) is 11.8 Å². The van der Waals surface area contributed by atoms with E-state index in [0.29, 0.717) is 12.1 Å². The molecule has 1 aliphatic heterocycles. The van der Waals surface area contributed by atoms with E-state index in [1.807, 2.05) is 30.5 Å². The Hall–Kier alpha value is -2.38. The van der Waals surface area contributed by atoms with Crippen LogP contribution in [-0.4, -0.2) is 36.3 Å². The summed E-state index contributed by atoms with van der Waals surface area (Å²) in [7, 11) is 0. The summed E-state index contributed by atoms with van der Waals surface area (Å²) >= 11 is 1.62. The highest BCUT2D eigenvalue weighted by atomic mass is 32.2. The van der Waals surface area contributed by atoms with Crippen LogP contribution in [0.4, 0.5) is 10.1 Å². The number of anilines is 1. The number of halogens is 1. The van der Waals surface area contributed by atoms with E-state index < -0.39 is 17.8 Å². The summed E-state index contributed by atoms with van der Waals surface area (Å²) in [6, 6.07) is 13.3. The molecule has 1 aliphatic rings. The monoisotopic (exact) mass is 388 g/mol. The van der Waals surface area contributed by atoms with Crippen LogP contribution in [0.3, 0.4) is 0 Å². The molecule has 2 N–H and O–H groups in total. The van der Waals surface area contributed by atoms with Crippen molar-refractivity contribution in [2.24, 2.45) is 5.92 Å². The summed E-state index contributed by atoms with van der Waals surface area (Å²) < 4.78 is 13.2. The highest BCUT2D eigenvalue weighted by Crippen LogP contribution is 2.27. The van der Waals surface area contributed by atoms with Gasteiger partial charge in [-0.25, -0.2) is 4.39 Å². The summed E-state index contributed by atoms with van der Waals surface area (Å²) in [6.07, 6.45) is 1.11. The summed E-state index contributed by atoms with van der Waals surface area (Å²) in [6.45, 7) is 0.273. The largest absolute Gasteiger partial charge is 0.387 e. The fourth-order valence-electron chi connectivity index (χ4n) is 3.07. The molecule has 0 bridgehead atoms. The molecule has 2 aromatic rings. The van der Waals surface area contributed by atoms with Gasteiger partial charge in [0.15, 0.2) is 0 Å². The van der Waals surface area contributed by atoms with Crippen molar-refractivity contribution in [2.45, 2.75) is 17.4 Å². The average Bonchev–Trinajstić information content (AvgIpc) is 3.07. The Morgan fingerprint density at radius 2 is 2.07 bits per heavy atom. The number of nitrogens with one attached hydrogen (secondary N) is 1. The first-order valence-electron chi connectivity index (χ1n) is 8.63. The minimum atomic E-state index is -1.00. The van der Waals surface area contributed by atoms with Crippen molar-refractivity contribution in [1.29, 1.82) is 0 Å². The molecule has 27 heavy (non-hydrogen) atoms. The van der Waals surface area contributed by atoms with Crippen LogP contribution in [0, 0.1) is 11.7 Å². The number of amides is 2. The van der Waals surface area contributed by atoms with Crippen molar-refractivity contribution in [2.75, 3.05) is 24.2 Å². The third-order valence-corrected chi connectivity index (χ3v) is 5.33. The zero-order chi connectivity index (χ0) is 19.4. The molecule has 2 aromatic carbocycles. The Balaban J connectivity index is 1.57. The SMILES string of the molecule is CSc1ccc(N2CC(C(=O)NCC(O)c3cccc(F)c3)CC2=O)cc1. The summed E-state index contributed by atoms with van der Waals surface area (Å²) in [4.78, 5) is 27.4. The van der Waals surface area contributed by atoms with Gasteiger partial charge in [-0.2, -0.15) is 0 Å². The number of hydrogen-bond donors (Lipinski definition) is 2. The molecule has 1 heterocycles. The lowest BCUT2D eigenvalue weighted by molar-refractivity contribution is -0.126. The van der Waals surface area contributed by atoms with E-state index in [4.69, 9.17) is 0 Å². The first-order chi connectivity index (χ1) is 13.0. The number of aliphatic hydroxyl groups is 1. The maximum absolute atomic E-state index is 13.2. The maximum atomic E-state index is 13.2. The summed E-state index contributed by atoms with van der Waals surface area (Å²) in [5.41, 5.74) is 1.17. The number of aliphatic hydroxyl groups excluding tert-OH is 1. The van der Waals surface area contributed by atoms with Crippen molar-refractivity contribution in [3.8, 4) is 0 Å². The van der Waals surface area contributed by atoms with Crippen LogP contribution in [0.2, 0.25) is 0 Å². The molecule has 1 saturated heterocycles. The van der Waals surface area contributed by atoms with E-state index >= 15 is 0 Å². The second-order valence-corrected chi connectivity index (χ2v) is 7.30. The van der Waals surface area contributed by atoms with Crippen molar-refractivity contribution < 1.29 is 19.1 Å². The van der Waals surface area contributed by atoms with Crippen molar-refractivity contribution >= 4 is 29.3 Å². The topological polar surface area (TPSA) is 69.6 Å². The van der Waals surface area contributed by atoms with Crippen LogP contribution >= 0.6 is 11.8 Å². The molecule has 2 amide bonds. The molecule has 7 heteroatoms. The first kappa shape index (κ1) is 19.4. The fraction of sp³-hybridized carbons (Fsp3) is 0.300. The summed E-state index contributed by atoms with van der Waals surface area (Å²) in [5.74, 6) is -1.31. The lowest BCUT2D eigenvalue weighted by atomic mass is 10.1. The van der Waals surface area contributed by atoms with Gasteiger partial charge in [-0.05, 0) is 48.2 Å². The number of carbonyl (C=O) groups is 2. The smallest absolute Gasteiger partial charge is 0.227 e. The molecule has 1 fully saturated rings. The third-order valence-electron chi connectivity index (χ3n) is 4.58. The van der Waals surface area contributed by atoms with Crippen molar-refractivity contribution in [3.05, 3.63) is 59.9 Å². The molecule has 2 unspecified atom stereocenters. The van der Waals surface area contributed by atoms with Gasteiger partial charge in [0.1, 0.15) is 5.82 Å². The highest BCUT2D eigenvalue weighted by Gasteiger charge is 2.35. The maximum Gasteiger partial charge on any atom is 0.227 e. The van der Waals surface area contributed by atoms with Gasteiger partial charge in [-0.15, -0.1) is 11.8 Å². The van der Waals surface area contributed by atoms with Crippen LogP contribution < -0.4 is 10.2 Å². The standard InChI is InChI=1S/C20H21FN2O3S/c1-27-17-7-5-16(6-8-17)23-12-14(10-19(23)25)20(26)22-11-18(24)13-3-2-4-15(21)9-13/h2-9,14,18,24H,10-12H2,1H3,(H,22,26). The fourth-order valence-corrected chi connectivity index (χ4v) is 3.48. The van der Waals surface area contributed by atoms with Gasteiger partial charge in [0.05, 0.1) is 12.0 Å². The Bertz CT molecular complexity index is 828. The lowest BCUT2D eigenvalue weighted by Gasteiger charge is -2.18. The molecule has 0 saturated carbocycles. The van der Waals surface area contributed by atoms with Crippen LogP contribution in [0.15, 0.2) is 53.4 Å². The molecule has 0 spiro atoms. The number of thioether (sulfide) groups is 1. The molecule has 0 aromatic heterocycles. The molecule has 3 rings (SSSR count). The predicted octanol–water partition coefficient (Wildman–Crippen LogP) is 2.75. The Labute approximate surface area is 161 Å². The van der Waals surface area contributed by atoms with Gasteiger partial charge in [-0.3, -0.25) is 9.59 Å². The highest BCUT2D eigenvalue weighted by molar-refractivity contribution is 7.98. The van der Waals surface area contributed by atoms with E-state index in [2.05, 4.69) is 5.32 Å². The number of rotatable bonds is 6. The molecule has 142 valence electrons. The second kappa shape index (κ2) is 8.54. The van der Waals surface area contributed by atoms with Gasteiger partial charge < -0.3 is 15.3 Å². The molecule has 2 atom stereocenters. The first-order valence-corrected chi connectivity index (χ1v) is 9.86. The van der Waals surface area contributed by atoms with Crippen molar-refractivity contribution in [1.82, 2.24) is 5.32 Å². The molecular formula is C20H21FN2O3S. The number of benzene rings is 2. The Kier molecular flexibility index (Phi) is 6.13. The zero-order valence-electron chi connectivity index (χ0n) is 14.9. The van der Waals surface area contributed by atoms with Gasteiger partial charge in [0, 0.05) is 30.1 Å². The molecule has 0 aliphatic carbocycles. The van der Waals surface area contributed by atoms with Crippen LogP contribution in [-0.2, 0) is 9.59 Å². The molecular weight excluding hydrogens is 367 g/mol. The van der Waals surface area contributed by atoms with Crippen LogP contribution in [0.25, 0.3) is 0 Å². The lowest BCUT2D eigenvalue weighted by Crippen LogP contribution is -2.35. The molecule has 5 nitrogen and oxygen atoms in total. The normalized spacial score (nSPS) is 17.8. The Morgan fingerprint density at radius 3 is 2.74 bits per heavy atom. The van der Waals surface area contributed by atoms with Gasteiger partial charge >= 0.3 is 0 Å². The van der Waals surface area contributed by atoms with E-state index in [9.17, 15) is 19.1 Å². The number of carbonyl (C=O) groups excluding carboxylic acids is 2. The minimum absolute atomic E-state index is 0.0323. The van der Waals surface area contributed by atoms with Gasteiger partial charge in [-0.1, -0.05) is 12.1 Å². The number of nitrogens with zero attached hydrogens (tertiary/aromatic N) is 1. The quantitative estimate of drug-likeness (QED) is 0.747. The zero-order valence-corrected chi connectivity index (χ0v) is 15.7. The van der Waals surface area contributed by atoms with Gasteiger partial charge in [0.25, 0.3) is 0 Å². The van der Waals surface area contributed by atoms with Crippen molar-refractivity contribution in [3.63, 3.8) is 0 Å². The van der Waals surface area contributed by atoms with E-state index in [0.717, 1.165) is 10.6 Å². The second-order valence-electron chi connectivity index (χ2n) is 6.42. The van der Waals surface area contributed by atoms with Crippen LogP contribution in [0.5, 0.6) is 0 Å². The van der Waals surface area contributed by atoms with E-state index in [1.54, 1.807) is 22.7 Å². The summed E-state index contributed by atoms with van der Waals surface area (Å²) in [5, 5.41) is 12.8.